The molecule has 0 aliphatic carbocycles. The molecule has 2 aromatic rings. The Labute approximate surface area is 127 Å². The van der Waals surface area contributed by atoms with Gasteiger partial charge >= 0.3 is 0 Å². The Morgan fingerprint density at radius 1 is 1.42 bits per heavy atom. The van der Waals surface area contributed by atoms with E-state index in [2.05, 4.69) is 55.0 Å². The molecule has 19 heavy (non-hydrogen) atoms. The Hall–Kier alpha value is -0.910. The lowest BCUT2D eigenvalue weighted by Crippen LogP contribution is -2.36. The summed E-state index contributed by atoms with van der Waals surface area (Å²) in [5, 5.41) is 9.38. The number of rotatable bonds is 4. The van der Waals surface area contributed by atoms with E-state index in [-0.39, 0.29) is 6.04 Å². The van der Waals surface area contributed by atoms with Crippen molar-refractivity contribution in [2.45, 2.75) is 33.4 Å². The van der Waals surface area contributed by atoms with Gasteiger partial charge in [0.05, 0.1) is 12.6 Å². The van der Waals surface area contributed by atoms with E-state index in [1.807, 2.05) is 11.3 Å². The molecule has 0 saturated heterocycles. The van der Waals surface area contributed by atoms with Gasteiger partial charge in [-0.15, -0.1) is 22.7 Å². The molecule has 0 unspecified atom stereocenters. The first-order chi connectivity index (χ1) is 9.06. The van der Waals surface area contributed by atoms with Crippen LogP contribution in [0.15, 0.2) is 23.6 Å². The highest BCUT2D eigenvalue weighted by Crippen LogP contribution is 2.25. The molecule has 0 spiro atoms. The number of thiophene rings is 2. The van der Waals surface area contributed by atoms with E-state index >= 15 is 0 Å². The zero-order chi connectivity index (χ0) is 13.8. The normalized spacial score (nSPS) is 12.2. The molecule has 2 N–H and O–H groups in total. The molecule has 1 atom stereocenters. The summed E-state index contributed by atoms with van der Waals surface area (Å²) in [5.41, 5.74) is 1.34. The van der Waals surface area contributed by atoms with Gasteiger partial charge in [0.15, 0.2) is 5.11 Å². The summed E-state index contributed by atoms with van der Waals surface area (Å²) in [4.78, 5) is 4.00. The van der Waals surface area contributed by atoms with Crippen molar-refractivity contribution in [3.63, 3.8) is 0 Å². The fourth-order valence-electron chi connectivity index (χ4n) is 1.99. The highest BCUT2D eigenvalue weighted by Gasteiger charge is 2.12. The standard InChI is InChI=1S/C14H18N2S3/c1-9-7-13(11(3)19-9)10(2)16-14(17)15-8-12-5-4-6-18-12/h4-7,10H,8H2,1-3H3,(H2,15,16,17)/t10-/m1/s1. The minimum atomic E-state index is 0.244. The van der Waals surface area contributed by atoms with Gasteiger partial charge in [0, 0.05) is 14.6 Å². The fraction of sp³-hybridized carbons (Fsp3) is 0.357. The van der Waals surface area contributed by atoms with Crippen LogP contribution >= 0.6 is 34.9 Å². The van der Waals surface area contributed by atoms with Crippen LogP contribution in [0.2, 0.25) is 0 Å². The van der Waals surface area contributed by atoms with Crippen molar-refractivity contribution in [1.82, 2.24) is 10.6 Å². The lowest BCUT2D eigenvalue weighted by atomic mass is 10.1. The number of hydrogen-bond donors (Lipinski definition) is 2. The first-order valence-corrected chi connectivity index (χ1v) is 8.30. The van der Waals surface area contributed by atoms with E-state index in [1.165, 1.54) is 20.2 Å². The maximum absolute atomic E-state index is 5.34. The molecule has 2 heterocycles. The Balaban J connectivity index is 1.86. The first kappa shape index (κ1) is 14.5. The Bertz CT molecular complexity index is 543. The van der Waals surface area contributed by atoms with Gasteiger partial charge in [0.1, 0.15) is 0 Å². The third-order valence-corrected chi connectivity index (χ3v) is 5.02. The summed E-state index contributed by atoms with van der Waals surface area (Å²) in [7, 11) is 0. The van der Waals surface area contributed by atoms with Crippen LogP contribution in [0.1, 0.15) is 33.2 Å². The van der Waals surface area contributed by atoms with Gasteiger partial charge in [-0.1, -0.05) is 6.07 Å². The van der Waals surface area contributed by atoms with Crippen molar-refractivity contribution < 1.29 is 0 Å². The van der Waals surface area contributed by atoms with Crippen LogP contribution < -0.4 is 10.6 Å². The molecule has 2 nitrogen and oxygen atoms in total. The lowest BCUT2D eigenvalue weighted by Gasteiger charge is -2.16. The predicted octanol–water partition coefficient (Wildman–Crippen LogP) is 4.15. The number of hydrogen-bond acceptors (Lipinski definition) is 3. The van der Waals surface area contributed by atoms with Crippen molar-refractivity contribution in [1.29, 1.82) is 0 Å². The molecular weight excluding hydrogens is 292 g/mol. The summed E-state index contributed by atoms with van der Waals surface area (Å²) in [6.45, 7) is 7.24. The smallest absolute Gasteiger partial charge is 0.167 e. The van der Waals surface area contributed by atoms with E-state index < -0.39 is 0 Å². The summed E-state index contributed by atoms with van der Waals surface area (Å²) >= 11 is 8.91. The third kappa shape index (κ3) is 4.03. The monoisotopic (exact) mass is 310 g/mol. The van der Waals surface area contributed by atoms with E-state index in [0.29, 0.717) is 5.11 Å². The molecule has 0 bridgehead atoms. The van der Waals surface area contributed by atoms with Gasteiger partial charge in [-0.2, -0.15) is 0 Å². The van der Waals surface area contributed by atoms with Crippen LogP contribution in [0.3, 0.4) is 0 Å². The zero-order valence-electron chi connectivity index (χ0n) is 11.3. The SMILES string of the molecule is Cc1cc([C@@H](C)NC(=S)NCc2cccs2)c(C)s1. The van der Waals surface area contributed by atoms with E-state index in [1.54, 1.807) is 11.3 Å². The average molecular weight is 311 g/mol. The maximum atomic E-state index is 5.34. The van der Waals surface area contributed by atoms with Crippen LogP contribution in [0.25, 0.3) is 0 Å². The molecule has 0 amide bonds. The molecule has 102 valence electrons. The fourth-order valence-corrected chi connectivity index (χ4v) is 3.90. The second-order valence-electron chi connectivity index (χ2n) is 4.50. The van der Waals surface area contributed by atoms with Gasteiger partial charge < -0.3 is 10.6 Å². The summed E-state index contributed by atoms with van der Waals surface area (Å²) in [6.07, 6.45) is 0. The molecule has 0 fully saturated rings. The van der Waals surface area contributed by atoms with Crippen molar-refractivity contribution in [3.05, 3.63) is 43.8 Å². The van der Waals surface area contributed by atoms with E-state index in [4.69, 9.17) is 12.2 Å². The number of aryl methyl sites for hydroxylation is 2. The molecule has 0 aliphatic rings. The van der Waals surface area contributed by atoms with E-state index in [9.17, 15) is 0 Å². The minimum absolute atomic E-state index is 0.244. The lowest BCUT2D eigenvalue weighted by molar-refractivity contribution is 0.697. The molecule has 0 saturated carbocycles. The average Bonchev–Trinajstić information content (AvgIpc) is 2.96. The molecule has 0 radical (unpaired) electrons. The van der Waals surface area contributed by atoms with Crippen LogP contribution in [-0.4, -0.2) is 5.11 Å². The van der Waals surface area contributed by atoms with Gasteiger partial charge in [-0.25, -0.2) is 0 Å². The highest BCUT2D eigenvalue weighted by molar-refractivity contribution is 7.80. The van der Waals surface area contributed by atoms with Crippen molar-refractivity contribution >= 4 is 40.0 Å². The predicted molar refractivity (Wildman–Crippen MR) is 89.1 cm³/mol. The molecular formula is C14H18N2S3. The van der Waals surface area contributed by atoms with E-state index in [0.717, 1.165) is 6.54 Å². The Morgan fingerprint density at radius 2 is 2.21 bits per heavy atom. The minimum Gasteiger partial charge on any atom is -0.358 e. The number of nitrogens with one attached hydrogen (secondary N) is 2. The zero-order valence-corrected chi connectivity index (χ0v) is 13.8. The Kier molecular flexibility index (Phi) is 4.96. The highest BCUT2D eigenvalue weighted by atomic mass is 32.1. The second-order valence-corrected chi connectivity index (χ2v) is 7.40. The second kappa shape index (κ2) is 6.50. The topological polar surface area (TPSA) is 24.1 Å². The van der Waals surface area contributed by atoms with Gasteiger partial charge in [-0.05, 0) is 56.1 Å². The summed E-state index contributed by atoms with van der Waals surface area (Å²) in [5.74, 6) is 0. The molecule has 2 aromatic heterocycles. The first-order valence-electron chi connectivity index (χ1n) is 6.20. The quantitative estimate of drug-likeness (QED) is 0.830. The van der Waals surface area contributed by atoms with Crippen LogP contribution in [-0.2, 0) is 6.54 Å². The summed E-state index contributed by atoms with van der Waals surface area (Å²) in [6, 6.07) is 6.64. The molecule has 5 heteroatoms. The maximum Gasteiger partial charge on any atom is 0.167 e. The summed E-state index contributed by atoms with van der Waals surface area (Å²) < 4.78 is 0. The van der Waals surface area contributed by atoms with Gasteiger partial charge in [0.25, 0.3) is 0 Å². The van der Waals surface area contributed by atoms with Crippen LogP contribution in [0.5, 0.6) is 0 Å². The van der Waals surface area contributed by atoms with Crippen molar-refractivity contribution in [3.8, 4) is 0 Å². The number of thiocarbonyl (C=S) groups is 1. The Morgan fingerprint density at radius 3 is 2.79 bits per heavy atom. The molecule has 0 aromatic carbocycles. The molecule has 2 rings (SSSR count). The van der Waals surface area contributed by atoms with Crippen LogP contribution in [0, 0.1) is 13.8 Å². The molecule has 0 aliphatic heterocycles. The van der Waals surface area contributed by atoms with Crippen molar-refractivity contribution in [2.75, 3.05) is 0 Å². The van der Waals surface area contributed by atoms with Gasteiger partial charge in [-0.3, -0.25) is 0 Å². The van der Waals surface area contributed by atoms with Crippen molar-refractivity contribution in [2.24, 2.45) is 0 Å². The third-order valence-electron chi connectivity index (χ3n) is 2.90. The largest absolute Gasteiger partial charge is 0.358 e. The van der Waals surface area contributed by atoms with Crippen LogP contribution in [0.4, 0.5) is 0 Å². The van der Waals surface area contributed by atoms with Gasteiger partial charge in [0.2, 0.25) is 0 Å².